The molecular weight excluding hydrogens is 192 g/mol. The topological polar surface area (TPSA) is 57.5 Å². The van der Waals surface area contributed by atoms with Gasteiger partial charge in [0.05, 0.1) is 12.2 Å². The molecule has 1 rings (SSSR count). The Balaban J connectivity index is 3.26. The van der Waals surface area contributed by atoms with Crippen LogP contribution in [0.25, 0.3) is 0 Å². The Morgan fingerprint density at radius 2 is 1.47 bits per heavy atom. The second kappa shape index (κ2) is 4.55. The van der Waals surface area contributed by atoms with Crippen LogP contribution in [0.15, 0.2) is 18.2 Å². The van der Waals surface area contributed by atoms with Crippen LogP contribution < -0.4 is 0 Å². The van der Waals surface area contributed by atoms with Gasteiger partial charge >= 0.3 is 0 Å². The fourth-order valence-electron chi connectivity index (χ4n) is 1.36. The van der Waals surface area contributed by atoms with Crippen LogP contribution in [0.5, 0.6) is 0 Å². The largest absolute Gasteiger partial charge is 0.389 e. The van der Waals surface area contributed by atoms with Crippen LogP contribution in [0.1, 0.15) is 54.5 Å². The molecule has 3 heteroatoms. The molecule has 82 valence electrons. The molecule has 0 heterocycles. The van der Waals surface area contributed by atoms with Crippen molar-refractivity contribution in [1.29, 1.82) is 0 Å². The van der Waals surface area contributed by atoms with Gasteiger partial charge < -0.3 is 10.2 Å². The van der Waals surface area contributed by atoms with Gasteiger partial charge in [0.15, 0.2) is 5.78 Å². The van der Waals surface area contributed by atoms with E-state index in [1.807, 2.05) is 0 Å². The molecule has 2 unspecified atom stereocenters. The first kappa shape index (κ1) is 11.9. The number of hydrogen-bond donors (Lipinski definition) is 2. The molecule has 0 spiro atoms. The van der Waals surface area contributed by atoms with Crippen molar-refractivity contribution in [2.45, 2.75) is 33.0 Å². The summed E-state index contributed by atoms with van der Waals surface area (Å²) in [6.07, 6.45) is -1.27. The minimum absolute atomic E-state index is 0.0700. The van der Waals surface area contributed by atoms with Gasteiger partial charge in [0.1, 0.15) is 0 Å². The summed E-state index contributed by atoms with van der Waals surface area (Å²) in [6, 6.07) is 5.01. The predicted molar refractivity (Wildman–Crippen MR) is 57.7 cm³/mol. The smallest absolute Gasteiger partial charge is 0.159 e. The van der Waals surface area contributed by atoms with Gasteiger partial charge in [0.2, 0.25) is 0 Å². The molecule has 0 radical (unpaired) electrons. The third-order valence-corrected chi connectivity index (χ3v) is 2.35. The van der Waals surface area contributed by atoms with Crippen molar-refractivity contribution < 1.29 is 15.0 Å². The number of rotatable bonds is 3. The van der Waals surface area contributed by atoms with E-state index in [9.17, 15) is 15.0 Å². The summed E-state index contributed by atoms with van der Waals surface area (Å²) >= 11 is 0. The van der Waals surface area contributed by atoms with E-state index in [2.05, 4.69) is 0 Å². The highest BCUT2D eigenvalue weighted by Crippen LogP contribution is 2.21. The van der Waals surface area contributed by atoms with Crippen LogP contribution in [0.2, 0.25) is 0 Å². The third kappa shape index (κ3) is 2.88. The van der Waals surface area contributed by atoms with Crippen molar-refractivity contribution in [3.05, 3.63) is 34.9 Å². The van der Waals surface area contributed by atoms with Crippen molar-refractivity contribution in [3.8, 4) is 0 Å². The number of aliphatic hydroxyl groups excluding tert-OH is 2. The zero-order valence-electron chi connectivity index (χ0n) is 9.19. The monoisotopic (exact) mass is 208 g/mol. The van der Waals surface area contributed by atoms with E-state index in [0.29, 0.717) is 16.7 Å². The van der Waals surface area contributed by atoms with Crippen LogP contribution >= 0.6 is 0 Å². The highest BCUT2D eigenvalue weighted by atomic mass is 16.3. The number of aliphatic hydroxyl groups is 2. The van der Waals surface area contributed by atoms with Gasteiger partial charge in [-0.3, -0.25) is 4.79 Å². The SMILES string of the molecule is CC(=O)c1cc(C(C)O)cc(C(C)O)c1. The Hall–Kier alpha value is -1.19. The second-order valence-electron chi connectivity index (χ2n) is 3.80. The van der Waals surface area contributed by atoms with E-state index in [1.54, 1.807) is 32.0 Å². The maximum absolute atomic E-state index is 11.2. The highest BCUT2D eigenvalue weighted by Gasteiger charge is 2.10. The summed E-state index contributed by atoms with van der Waals surface area (Å²) in [5.41, 5.74) is 1.82. The van der Waals surface area contributed by atoms with Crippen molar-refractivity contribution >= 4 is 5.78 Å². The van der Waals surface area contributed by atoms with Gasteiger partial charge in [-0.05, 0) is 44.0 Å². The number of benzene rings is 1. The van der Waals surface area contributed by atoms with Crippen LogP contribution in [0, 0.1) is 0 Å². The van der Waals surface area contributed by atoms with Crippen LogP contribution in [0.4, 0.5) is 0 Å². The Bertz CT molecular complexity index is 341. The van der Waals surface area contributed by atoms with Gasteiger partial charge in [-0.2, -0.15) is 0 Å². The first-order chi connectivity index (χ1) is 6.91. The van der Waals surface area contributed by atoms with E-state index >= 15 is 0 Å². The van der Waals surface area contributed by atoms with Crippen molar-refractivity contribution in [2.75, 3.05) is 0 Å². The lowest BCUT2D eigenvalue weighted by atomic mass is 9.98. The van der Waals surface area contributed by atoms with Crippen molar-refractivity contribution in [1.82, 2.24) is 0 Å². The minimum atomic E-state index is -0.637. The summed E-state index contributed by atoms with van der Waals surface area (Å²) in [5.74, 6) is -0.0700. The molecule has 0 fully saturated rings. The van der Waals surface area contributed by atoms with Gasteiger partial charge in [-0.15, -0.1) is 0 Å². The van der Waals surface area contributed by atoms with Crippen LogP contribution in [0.3, 0.4) is 0 Å². The molecule has 0 aromatic heterocycles. The van der Waals surface area contributed by atoms with Crippen LogP contribution in [-0.4, -0.2) is 16.0 Å². The fraction of sp³-hybridized carbons (Fsp3) is 0.417. The van der Waals surface area contributed by atoms with Gasteiger partial charge in [-0.25, -0.2) is 0 Å². The Morgan fingerprint density at radius 3 is 1.73 bits per heavy atom. The predicted octanol–water partition coefficient (Wildman–Crippen LogP) is 2.00. The lowest BCUT2D eigenvalue weighted by Crippen LogP contribution is -2.02. The van der Waals surface area contributed by atoms with Gasteiger partial charge in [-0.1, -0.05) is 6.07 Å². The third-order valence-electron chi connectivity index (χ3n) is 2.35. The van der Waals surface area contributed by atoms with Gasteiger partial charge in [0.25, 0.3) is 0 Å². The molecule has 0 saturated heterocycles. The van der Waals surface area contributed by atoms with E-state index in [-0.39, 0.29) is 5.78 Å². The van der Waals surface area contributed by atoms with Crippen molar-refractivity contribution in [2.24, 2.45) is 0 Å². The molecular formula is C12H16O3. The lowest BCUT2D eigenvalue weighted by molar-refractivity contribution is 0.101. The summed E-state index contributed by atoms with van der Waals surface area (Å²) in [5, 5.41) is 18.9. The standard InChI is InChI=1S/C12H16O3/c1-7(13)10-4-11(8(2)14)6-12(5-10)9(3)15/h4-8,13-14H,1-3H3. The van der Waals surface area contributed by atoms with E-state index in [4.69, 9.17) is 0 Å². The van der Waals surface area contributed by atoms with Crippen molar-refractivity contribution in [3.63, 3.8) is 0 Å². The van der Waals surface area contributed by atoms with E-state index in [1.165, 1.54) is 6.92 Å². The summed E-state index contributed by atoms with van der Waals surface area (Å²) < 4.78 is 0. The first-order valence-corrected chi connectivity index (χ1v) is 4.93. The quantitative estimate of drug-likeness (QED) is 0.747. The summed E-state index contributed by atoms with van der Waals surface area (Å²) in [6.45, 7) is 4.73. The molecule has 1 aromatic carbocycles. The Morgan fingerprint density at radius 1 is 1.07 bits per heavy atom. The molecule has 2 atom stereocenters. The molecule has 0 saturated carbocycles. The molecule has 0 aliphatic carbocycles. The molecule has 0 bridgehead atoms. The molecule has 2 N–H and O–H groups in total. The number of carbonyl (C=O) groups excluding carboxylic acids is 1. The molecule has 1 aromatic rings. The zero-order valence-corrected chi connectivity index (χ0v) is 9.19. The summed E-state index contributed by atoms with van der Waals surface area (Å²) in [4.78, 5) is 11.2. The average molecular weight is 208 g/mol. The second-order valence-corrected chi connectivity index (χ2v) is 3.80. The highest BCUT2D eigenvalue weighted by molar-refractivity contribution is 5.94. The van der Waals surface area contributed by atoms with Gasteiger partial charge in [0, 0.05) is 5.56 Å². The number of carbonyl (C=O) groups is 1. The fourth-order valence-corrected chi connectivity index (χ4v) is 1.36. The molecule has 0 aliphatic heterocycles. The first-order valence-electron chi connectivity index (χ1n) is 4.93. The molecule has 0 amide bonds. The maximum atomic E-state index is 11.2. The lowest BCUT2D eigenvalue weighted by Gasteiger charge is -2.12. The number of ketones is 1. The maximum Gasteiger partial charge on any atom is 0.159 e. The minimum Gasteiger partial charge on any atom is -0.389 e. The summed E-state index contributed by atoms with van der Waals surface area (Å²) in [7, 11) is 0. The average Bonchev–Trinajstić information content (AvgIpc) is 2.16. The van der Waals surface area contributed by atoms with E-state index < -0.39 is 12.2 Å². The molecule has 15 heavy (non-hydrogen) atoms. The Labute approximate surface area is 89.4 Å². The Kier molecular flexibility index (Phi) is 3.61. The normalized spacial score (nSPS) is 14.7. The zero-order chi connectivity index (χ0) is 11.6. The van der Waals surface area contributed by atoms with E-state index in [0.717, 1.165) is 0 Å². The molecule has 3 nitrogen and oxygen atoms in total. The van der Waals surface area contributed by atoms with Crippen LogP contribution in [-0.2, 0) is 0 Å². The number of hydrogen-bond acceptors (Lipinski definition) is 3. The number of Topliss-reactive ketones (excluding diaryl/α,β-unsaturated/α-hetero) is 1. The molecule has 0 aliphatic rings.